The molecule has 4 fully saturated rings. The van der Waals surface area contributed by atoms with Crippen molar-refractivity contribution in [3.8, 4) is 0 Å². The minimum Gasteiger partial charge on any atom is -1.00 e. The fourth-order valence-corrected chi connectivity index (χ4v) is 17.5. The Labute approximate surface area is 625 Å². The van der Waals surface area contributed by atoms with Crippen molar-refractivity contribution in [1.82, 2.24) is 40.5 Å². The molecule has 544 valence electrons. The summed E-state index contributed by atoms with van der Waals surface area (Å²) in [6.07, 6.45) is 29.3. The molecule has 7 N–H and O–H groups in total. The SMILES string of the molecule is C1CCOC1.CC(C)(C)OC(=O)OC(=O)OC(C)(C)C.CC1(C)CCc2sc3ncnc(NC4CCC(N)CC4)c3c2C1.CC1(C)CCc2sc3ncnc(NC4CCC(NC(=O)OC(C)(C)C)CC4)c3c2C1.CNC1CCC(Nc2ncnc3sc4c(c23)CC(C)(C)CC4)CC1.[AlH3].[H-].[Li+]. The number of alkyl carbamates (subject to hydrolysis) is 1. The van der Waals surface area contributed by atoms with Gasteiger partial charge in [-0.2, -0.15) is 0 Å². The molecule has 0 spiro atoms. The summed E-state index contributed by atoms with van der Waals surface area (Å²) in [5.74, 6) is 3.10. The molecule has 0 radical (unpaired) electrons. The zero-order valence-electron chi connectivity index (χ0n) is 63.1. The number of aromatic nitrogens is 6. The standard InChI is InChI=1S/C23H34N4O2S.C19H28N4S.C18H26N4S.C10H18O5.C4H8O.Al.Li.4H/c1-22(2,3)29-21(28)27-15-8-6-14(7-9-15)26-19-18-16-12-23(4,5)11-10-17(16)30-20(18)25-13-24-19;1-19(2)9-8-15-14(10-19)16-17(21-11-22-18(16)24-15)23-13-6-4-12(20-3)5-7-13;1-18(2)8-7-14-13(9-18)15-16(20-10-21-17(15)23-14)22-12-5-3-11(19)4-6-12;1-9(2,3)14-7(11)13-8(12)15-10(4,5)6;1-2-4-5-3-1;;;;;;/h13-15H,6-12H2,1-5H3,(H,27,28)(H,24,25,26);11-13,20H,4-10H2,1-3H3,(H,21,22,23);10-12H,3-9,19H2,1-2H3,(H,20,21,22);1-6H3;1-4H2;;;;;;/q;;;;;;+1;;;;-1. The van der Waals surface area contributed by atoms with E-state index in [9.17, 15) is 14.4 Å². The summed E-state index contributed by atoms with van der Waals surface area (Å²) in [7, 11) is 2.08. The molecule has 7 heterocycles. The molecule has 6 aromatic rings. The maximum atomic E-state index is 12.0. The van der Waals surface area contributed by atoms with E-state index in [0.717, 1.165) is 117 Å². The van der Waals surface area contributed by atoms with Gasteiger partial charge in [0, 0.05) is 64.1 Å². The summed E-state index contributed by atoms with van der Waals surface area (Å²) >= 11 is 5.58. The van der Waals surface area contributed by atoms with E-state index in [1.165, 1.54) is 123 Å². The van der Waals surface area contributed by atoms with Crippen LogP contribution in [0.3, 0.4) is 0 Å². The summed E-state index contributed by atoms with van der Waals surface area (Å²) in [4.78, 5) is 69.6. The number of anilines is 3. The van der Waals surface area contributed by atoms with Gasteiger partial charge in [0.15, 0.2) is 17.4 Å². The fourth-order valence-electron chi connectivity index (χ4n) is 14.0. The number of rotatable bonds is 8. The average Bonchev–Trinajstić information content (AvgIpc) is 1.62. The minimum absolute atomic E-state index is 0. The number of nitrogens with one attached hydrogen (secondary N) is 5. The van der Waals surface area contributed by atoms with E-state index in [0.29, 0.717) is 46.5 Å². The van der Waals surface area contributed by atoms with E-state index >= 15 is 0 Å². The first-order valence-electron chi connectivity index (χ1n) is 35.9. The summed E-state index contributed by atoms with van der Waals surface area (Å²) in [5.41, 5.74) is 9.74. The third-order valence-corrected chi connectivity index (χ3v) is 22.8. The Hall–Kier alpha value is -4.46. The van der Waals surface area contributed by atoms with Gasteiger partial charge in [0.2, 0.25) is 0 Å². The summed E-state index contributed by atoms with van der Waals surface area (Å²) in [6, 6.07) is 2.65. The van der Waals surface area contributed by atoms with Gasteiger partial charge in [-0.05, 0) is 250 Å². The number of fused-ring (bicyclic) bond motifs is 9. The van der Waals surface area contributed by atoms with Gasteiger partial charge in [-0.3, -0.25) is 0 Å². The second-order valence-corrected chi connectivity index (χ2v) is 36.4. The first-order chi connectivity index (χ1) is 45.7. The first-order valence-corrected chi connectivity index (χ1v) is 38.3. The van der Waals surface area contributed by atoms with Crippen LogP contribution in [0, 0.1) is 16.2 Å². The molecule has 6 aliphatic carbocycles. The van der Waals surface area contributed by atoms with E-state index in [1.807, 2.05) is 54.8 Å². The molecule has 1 amide bonds. The van der Waals surface area contributed by atoms with Crippen molar-refractivity contribution in [3.05, 3.63) is 50.3 Å². The van der Waals surface area contributed by atoms with Gasteiger partial charge in [0.1, 0.15) is 67.7 Å². The Morgan fingerprint density at radius 3 is 1.11 bits per heavy atom. The second-order valence-electron chi connectivity index (χ2n) is 33.2. The summed E-state index contributed by atoms with van der Waals surface area (Å²) < 4.78 is 24.1. The molecule has 25 heteroatoms. The zero-order chi connectivity index (χ0) is 70.1. The van der Waals surface area contributed by atoms with Gasteiger partial charge in [-0.15, -0.1) is 34.0 Å². The van der Waals surface area contributed by atoms with Crippen LogP contribution in [0.5, 0.6) is 0 Å². The number of carbonyl (C=O) groups excluding carboxylic acids is 3. The molecule has 99 heavy (non-hydrogen) atoms. The van der Waals surface area contributed by atoms with Crippen LogP contribution in [-0.2, 0) is 62.2 Å². The van der Waals surface area contributed by atoms with Gasteiger partial charge in [-0.1, -0.05) is 41.5 Å². The number of amides is 1. The average molecular weight is 1430 g/mol. The number of hydrogen-bond acceptors (Lipinski definition) is 22. The molecule has 1 aliphatic heterocycles. The van der Waals surface area contributed by atoms with Crippen molar-refractivity contribution in [2.75, 3.05) is 36.2 Å². The van der Waals surface area contributed by atoms with E-state index in [1.54, 1.807) is 60.5 Å². The molecule has 0 aromatic carbocycles. The molecular weight excluding hydrogens is 1320 g/mol. The van der Waals surface area contributed by atoms with Crippen LogP contribution in [0.15, 0.2) is 19.0 Å². The molecule has 7 aliphatic rings. The molecule has 13 rings (SSSR count). The Balaban J connectivity index is 0.000000207. The van der Waals surface area contributed by atoms with E-state index in [-0.39, 0.29) is 49.8 Å². The van der Waals surface area contributed by atoms with Crippen LogP contribution in [0.25, 0.3) is 30.6 Å². The smallest absolute Gasteiger partial charge is 1.00 e. The van der Waals surface area contributed by atoms with Gasteiger partial charge in [-0.25, -0.2) is 44.3 Å². The minimum atomic E-state index is -1.06. The fraction of sp³-hybridized carbons (Fsp3) is 0.716. The molecule has 1 saturated heterocycles. The quantitative estimate of drug-likeness (QED) is 0.0358. The Kier molecular flexibility index (Phi) is 29.2. The van der Waals surface area contributed by atoms with Crippen LogP contribution < -0.4 is 51.2 Å². The number of nitrogens with two attached hydrogens (primary N) is 1. The number of aryl methyl sites for hydroxylation is 3. The van der Waals surface area contributed by atoms with Crippen LogP contribution >= 0.6 is 34.0 Å². The van der Waals surface area contributed by atoms with Crippen LogP contribution in [0.4, 0.5) is 31.8 Å². The zero-order valence-corrected chi connectivity index (χ0v) is 64.6. The molecule has 0 atom stereocenters. The van der Waals surface area contributed by atoms with E-state index in [2.05, 4.69) is 110 Å². The van der Waals surface area contributed by atoms with Crippen LogP contribution in [0.1, 0.15) is 246 Å². The third kappa shape index (κ3) is 24.6. The number of hydrogen-bond donors (Lipinski definition) is 6. The Morgan fingerprint density at radius 2 is 0.808 bits per heavy atom. The topological polar surface area (TPSA) is 261 Å². The normalized spacial score (nSPS) is 22.8. The van der Waals surface area contributed by atoms with Crippen LogP contribution in [-0.4, -0.2) is 139 Å². The number of ether oxygens (including phenoxy) is 5. The monoisotopic (exact) mass is 1430 g/mol. The van der Waals surface area contributed by atoms with Crippen molar-refractivity contribution < 1.29 is 58.4 Å². The molecule has 20 nitrogen and oxygen atoms in total. The first kappa shape index (κ1) is 81.8. The predicted octanol–water partition coefficient (Wildman–Crippen LogP) is 13.1. The molecule has 0 bridgehead atoms. The van der Waals surface area contributed by atoms with Gasteiger partial charge >= 0.3 is 37.3 Å². The predicted molar refractivity (Wildman–Crippen MR) is 406 cm³/mol. The van der Waals surface area contributed by atoms with Gasteiger partial charge in [0.05, 0.1) is 16.2 Å². The summed E-state index contributed by atoms with van der Waals surface area (Å²) in [5, 5.41) is 21.4. The Morgan fingerprint density at radius 1 is 0.495 bits per heavy atom. The van der Waals surface area contributed by atoms with Crippen molar-refractivity contribution in [3.63, 3.8) is 0 Å². The second kappa shape index (κ2) is 35.3. The molecule has 6 aromatic heterocycles. The molecule has 0 unspecified atom stereocenters. The van der Waals surface area contributed by atoms with Crippen molar-refractivity contribution in [2.24, 2.45) is 22.0 Å². The maximum absolute atomic E-state index is 12.0. The largest absolute Gasteiger partial charge is 1.00 e. The molecular formula is C74H118AlLiN12O8S3. The van der Waals surface area contributed by atoms with E-state index in [4.69, 9.17) is 24.7 Å². The van der Waals surface area contributed by atoms with Crippen molar-refractivity contribution >= 4 is 118 Å². The van der Waals surface area contributed by atoms with Crippen LogP contribution in [0.2, 0.25) is 0 Å². The number of thiophene rings is 3. The number of nitrogens with zero attached hydrogens (tertiary/aromatic N) is 6. The Bertz CT molecular complexity index is 3580. The third-order valence-electron chi connectivity index (χ3n) is 19.2. The van der Waals surface area contributed by atoms with Gasteiger partial charge in [0.25, 0.3) is 0 Å². The number of carbonyl (C=O) groups is 3. The maximum Gasteiger partial charge on any atom is 1.00 e. The van der Waals surface area contributed by atoms with E-state index < -0.39 is 29.1 Å². The van der Waals surface area contributed by atoms with Crippen molar-refractivity contribution in [1.29, 1.82) is 0 Å². The molecule has 3 saturated carbocycles. The summed E-state index contributed by atoms with van der Waals surface area (Å²) in [6.45, 7) is 31.9. The van der Waals surface area contributed by atoms with Crippen molar-refractivity contribution in [2.45, 2.75) is 305 Å². The van der Waals surface area contributed by atoms with Gasteiger partial charge < -0.3 is 57.4 Å².